The van der Waals surface area contributed by atoms with E-state index in [4.69, 9.17) is 4.74 Å². The molecule has 2 aromatic rings. The van der Waals surface area contributed by atoms with Gasteiger partial charge in [0.05, 0.1) is 18.9 Å². The first-order valence-electron chi connectivity index (χ1n) is 8.55. The predicted molar refractivity (Wildman–Crippen MR) is 93.4 cm³/mol. The van der Waals surface area contributed by atoms with Gasteiger partial charge >= 0.3 is 0 Å². The minimum atomic E-state index is 0.449. The fourth-order valence-electron chi connectivity index (χ4n) is 3.09. The fraction of sp³-hybridized carbons (Fsp3) is 0.556. The summed E-state index contributed by atoms with van der Waals surface area (Å²) in [4.78, 5) is 8.85. The molecule has 0 N–H and O–H groups in total. The SMILES string of the molecule is CN(C)CCOC[C@@H]1CN(Cc2cccnc2)Cc2ccnn2C1. The van der Waals surface area contributed by atoms with Gasteiger partial charge in [-0.1, -0.05) is 6.07 Å². The van der Waals surface area contributed by atoms with Gasteiger partial charge < -0.3 is 9.64 Å². The van der Waals surface area contributed by atoms with Crippen LogP contribution in [-0.2, 0) is 24.4 Å². The van der Waals surface area contributed by atoms with Crippen molar-refractivity contribution in [3.63, 3.8) is 0 Å². The lowest BCUT2D eigenvalue weighted by Gasteiger charge is -2.24. The van der Waals surface area contributed by atoms with E-state index in [2.05, 4.69) is 50.8 Å². The highest BCUT2D eigenvalue weighted by molar-refractivity contribution is 5.09. The molecule has 6 heteroatoms. The second kappa shape index (κ2) is 8.37. The molecule has 130 valence electrons. The van der Waals surface area contributed by atoms with Gasteiger partial charge in [-0.3, -0.25) is 14.6 Å². The molecule has 0 aliphatic carbocycles. The van der Waals surface area contributed by atoms with Gasteiger partial charge in [-0.05, 0) is 31.8 Å². The van der Waals surface area contributed by atoms with E-state index < -0.39 is 0 Å². The number of pyridine rings is 1. The Morgan fingerprint density at radius 3 is 2.96 bits per heavy atom. The topological polar surface area (TPSA) is 46.4 Å². The molecule has 0 amide bonds. The minimum absolute atomic E-state index is 0.449. The molecule has 0 aromatic carbocycles. The molecule has 1 atom stereocenters. The summed E-state index contributed by atoms with van der Waals surface area (Å²) >= 11 is 0. The molecule has 0 spiro atoms. The van der Waals surface area contributed by atoms with Gasteiger partial charge in [-0.25, -0.2) is 0 Å². The van der Waals surface area contributed by atoms with E-state index in [1.165, 1.54) is 11.3 Å². The molecular weight excluding hydrogens is 302 g/mol. The van der Waals surface area contributed by atoms with Crippen LogP contribution in [0.5, 0.6) is 0 Å². The highest BCUT2D eigenvalue weighted by Gasteiger charge is 2.22. The third-order valence-electron chi connectivity index (χ3n) is 4.30. The summed E-state index contributed by atoms with van der Waals surface area (Å²) in [7, 11) is 4.14. The molecular formula is C18H27N5O. The molecule has 0 radical (unpaired) electrons. The number of hydrogen-bond donors (Lipinski definition) is 0. The molecule has 0 bridgehead atoms. The van der Waals surface area contributed by atoms with Crippen molar-refractivity contribution in [2.24, 2.45) is 5.92 Å². The Bertz CT molecular complexity index is 613. The maximum Gasteiger partial charge on any atom is 0.0593 e. The molecule has 0 unspecified atom stereocenters. The van der Waals surface area contributed by atoms with Crippen molar-refractivity contribution in [2.75, 3.05) is 40.4 Å². The minimum Gasteiger partial charge on any atom is -0.380 e. The van der Waals surface area contributed by atoms with Crippen LogP contribution in [0.25, 0.3) is 0 Å². The lowest BCUT2D eigenvalue weighted by atomic mass is 10.1. The molecule has 3 heterocycles. The van der Waals surface area contributed by atoms with E-state index in [1.807, 2.05) is 24.7 Å². The number of likely N-dealkylation sites (N-methyl/N-ethyl adjacent to an activating group) is 1. The van der Waals surface area contributed by atoms with Crippen molar-refractivity contribution in [2.45, 2.75) is 19.6 Å². The average molecular weight is 329 g/mol. The maximum absolute atomic E-state index is 5.91. The summed E-state index contributed by atoms with van der Waals surface area (Å²) < 4.78 is 8.04. The van der Waals surface area contributed by atoms with Crippen LogP contribution in [0.1, 0.15) is 11.3 Å². The summed E-state index contributed by atoms with van der Waals surface area (Å²) in [5.41, 5.74) is 2.52. The molecule has 0 fully saturated rings. The van der Waals surface area contributed by atoms with Crippen molar-refractivity contribution < 1.29 is 4.74 Å². The molecule has 2 aromatic heterocycles. The Labute approximate surface area is 144 Å². The number of aromatic nitrogens is 3. The monoisotopic (exact) mass is 329 g/mol. The van der Waals surface area contributed by atoms with Crippen molar-refractivity contribution >= 4 is 0 Å². The Morgan fingerprint density at radius 1 is 1.25 bits per heavy atom. The second-order valence-electron chi connectivity index (χ2n) is 6.78. The van der Waals surface area contributed by atoms with Gasteiger partial charge in [-0.15, -0.1) is 0 Å². The third-order valence-corrected chi connectivity index (χ3v) is 4.30. The number of rotatable bonds is 7. The molecule has 6 nitrogen and oxygen atoms in total. The molecule has 0 saturated heterocycles. The summed E-state index contributed by atoms with van der Waals surface area (Å²) in [5, 5.41) is 4.48. The van der Waals surface area contributed by atoms with Crippen LogP contribution < -0.4 is 0 Å². The summed E-state index contributed by atoms with van der Waals surface area (Å²) in [6, 6.07) is 6.25. The van der Waals surface area contributed by atoms with E-state index in [0.717, 1.165) is 45.9 Å². The van der Waals surface area contributed by atoms with Crippen molar-refractivity contribution in [1.29, 1.82) is 0 Å². The maximum atomic E-state index is 5.91. The summed E-state index contributed by atoms with van der Waals surface area (Å²) in [5.74, 6) is 0.449. The Hall–Kier alpha value is -1.76. The summed E-state index contributed by atoms with van der Waals surface area (Å²) in [6.07, 6.45) is 5.67. The number of nitrogens with zero attached hydrogens (tertiary/aromatic N) is 5. The molecule has 1 aliphatic rings. The van der Waals surface area contributed by atoms with Gasteiger partial charge in [0, 0.05) is 57.2 Å². The van der Waals surface area contributed by atoms with Crippen LogP contribution in [0.3, 0.4) is 0 Å². The molecule has 0 saturated carbocycles. The first-order valence-corrected chi connectivity index (χ1v) is 8.55. The predicted octanol–water partition coefficient (Wildman–Crippen LogP) is 1.49. The zero-order valence-electron chi connectivity index (χ0n) is 14.6. The van der Waals surface area contributed by atoms with Crippen LogP contribution in [0.2, 0.25) is 0 Å². The van der Waals surface area contributed by atoms with Gasteiger partial charge in [0.1, 0.15) is 0 Å². The number of hydrogen-bond acceptors (Lipinski definition) is 5. The highest BCUT2D eigenvalue weighted by atomic mass is 16.5. The molecule has 3 rings (SSSR count). The lowest BCUT2D eigenvalue weighted by Crippen LogP contribution is -2.30. The van der Waals surface area contributed by atoms with Crippen LogP contribution >= 0.6 is 0 Å². The lowest BCUT2D eigenvalue weighted by molar-refractivity contribution is 0.0673. The Morgan fingerprint density at radius 2 is 2.17 bits per heavy atom. The number of ether oxygens (including phenoxy) is 1. The molecule has 24 heavy (non-hydrogen) atoms. The van der Waals surface area contributed by atoms with Crippen molar-refractivity contribution in [3.8, 4) is 0 Å². The normalized spacial score (nSPS) is 18.5. The van der Waals surface area contributed by atoms with Crippen molar-refractivity contribution in [3.05, 3.63) is 48.0 Å². The summed E-state index contributed by atoms with van der Waals surface area (Å²) in [6.45, 7) is 6.28. The van der Waals surface area contributed by atoms with Gasteiger partial charge in [0.15, 0.2) is 0 Å². The first-order chi connectivity index (χ1) is 11.7. The van der Waals surface area contributed by atoms with Gasteiger partial charge in [0.2, 0.25) is 0 Å². The Balaban J connectivity index is 1.62. The third kappa shape index (κ3) is 4.87. The first kappa shape index (κ1) is 17.1. The van der Waals surface area contributed by atoms with E-state index in [1.54, 1.807) is 0 Å². The van der Waals surface area contributed by atoms with E-state index in [9.17, 15) is 0 Å². The highest BCUT2D eigenvalue weighted by Crippen LogP contribution is 2.18. The van der Waals surface area contributed by atoms with E-state index in [0.29, 0.717) is 5.92 Å². The van der Waals surface area contributed by atoms with E-state index in [-0.39, 0.29) is 0 Å². The van der Waals surface area contributed by atoms with Gasteiger partial charge in [-0.2, -0.15) is 5.10 Å². The zero-order chi connectivity index (χ0) is 16.8. The number of fused-ring (bicyclic) bond motifs is 1. The average Bonchev–Trinajstić information content (AvgIpc) is 2.92. The van der Waals surface area contributed by atoms with Gasteiger partial charge in [0.25, 0.3) is 0 Å². The zero-order valence-corrected chi connectivity index (χ0v) is 14.6. The smallest absolute Gasteiger partial charge is 0.0593 e. The van der Waals surface area contributed by atoms with Crippen LogP contribution in [0.4, 0.5) is 0 Å². The van der Waals surface area contributed by atoms with Crippen molar-refractivity contribution in [1.82, 2.24) is 24.6 Å². The van der Waals surface area contributed by atoms with E-state index >= 15 is 0 Å². The van der Waals surface area contributed by atoms with Crippen LogP contribution in [0, 0.1) is 5.92 Å². The Kier molecular flexibility index (Phi) is 5.96. The second-order valence-corrected chi connectivity index (χ2v) is 6.78. The quantitative estimate of drug-likeness (QED) is 0.720. The van der Waals surface area contributed by atoms with Crippen LogP contribution in [0.15, 0.2) is 36.8 Å². The molecule has 1 aliphatic heterocycles. The van der Waals surface area contributed by atoms with Crippen LogP contribution in [-0.4, -0.2) is 65.0 Å². The largest absolute Gasteiger partial charge is 0.380 e. The standard InChI is InChI=1S/C18H27N5O/c1-21(2)8-9-24-15-17-12-22(11-16-4-3-6-19-10-16)14-18-5-7-20-23(18)13-17/h3-7,10,17H,8-9,11-15H2,1-2H3/t17-/m1/s1. The fourth-order valence-corrected chi connectivity index (χ4v) is 3.09.